The van der Waals surface area contributed by atoms with Gasteiger partial charge in [0, 0.05) is 6.54 Å². The van der Waals surface area contributed by atoms with Crippen molar-refractivity contribution in [3.05, 3.63) is 35.6 Å². The Labute approximate surface area is 120 Å². The average Bonchev–Trinajstić information content (AvgIpc) is 2.89. The maximum Gasteiger partial charge on any atom is 0.228 e. The number of carbonyl (C=O) groups is 1. The van der Waals surface area contributed by atoms with Gasteiger partial charge in [-0.25, -0.2) is 4.39 Å². The maximum absolute atomic E-state index is 13.2. The Balaban J connectivity index is 2.06. The largest absolute Gasteiger partial charge is 0.349 e. The van der Waals surface area contributed by atoms with Crippen LogP contribution in [0.2, 0.25) is 0 Å². The van der Waals surface area contributed by atoms with Crippen LogP contribution in [0.1, 0.15) is 44.7 Å². The quantitative estimate of drug-likeness (QED) is 0.869. The lowest BCUT2D eigenvalue weighted by atomic mass is 9.81. The molecule has 0 spiro atoms. The molecule has 0 saturated carbocycles. The van der Waals surface area contributed by atoms with Crippen molar-refractivity contribution < 1.29 is 9.18 Å². The van der Waals surface area contributed by atoms with E-state index in [2.05, 4.69) is 17.6 Å². The lowest BCUT2D eigenvalue weighted by Crippen LogP contribution is -2.43. The van der Waals surface area contributed by atoms with Gasteiger partial charge in [-0.1, -0.05) is 25.5 Å². The summed E-state index contributed by atoms with van der Waals surface area (Å²) in [4.78, 5) is 12.6. The summed E-state index contributed by atoms with van der Waals surface area (Å²) in [7, 11) is 0. The van der Waals surface area contributed by atoms with Crippen LogP contribution in [0.25, 0.3) is 0 Å². The molecule has 2 atom stereocenters. The van der Waals surface area contributed by atoms with Crippen LogP contribution in [0, 0.1) is 11.2 Å². The average molecular weight is 278 g/mol. The maximum atomic E-state index is 13.2. The van der Waals surface area contributed by atoms with Crippen molar-refractivity contribution in [1.82, 2.24) is 10.6 Å². The van der Waals surface area contributed by atoms with E-state index in [-0.39, 0.29) is 23.2 Å². The molecule has 2 unspecified atom stereocenters. The summed E-state index contributed by atoms with van der Waals surface area (Å²) in [5.41, 5.74) is 0.507. The van der Waals surface area contributed by atoms with E-state index in [9.17, 15) is 9.18 Å². The van der Waals surface area contributed by atoms with Crippen molar-refractivity contribution in [3.63, 3.8) is 0 Å². The second-order valence-electron chi connectivity index (χ2n) is 5.71. The molecule has 1 aliphatic heterocycles. The van der Waals surface area contributed by atoms with Gasteiger partial charge in [-0.3, -0.25) is 4.79 Å². The van der Waals surface area contributed by atoms with E-state index in [4.69, 9.17) is 0 Å². The topological polar surface area (TPSA) is 41.1 Å². The Kier molecular flexibility index (Phi) is 4.76. The van der Waals surface area contributed by atoms with Gasteiger partial charge in [0.05, 0.1) is 11.5 Å². The van der Waals surface area contributed by atoms with Crippen LogP contribution in [-0.4, -0.2) is 19.0 Å². The van der Waals surface area contributed by atoms with Gasteiger partial charge in [-0.2, -0.15) is 0 Å². The van der Waals surface area contributed by atoms with Gasteiger partial charge in [-0.05, 0) is 44.0 Å². The van der Waals surface area contributed by atoms with E-state index in [1.807, 2.05) is 13.0 Å². The van der Waals surface area contributed by atoms with Gasteiger partial charge in [0.15, 0.2) is 0 Å². The van der Waals surface area contributed by atoms with Crippen molar-refractivity contribution in [3.8, 4) is 0 Å². The Morgan fingerprint density at radius 1 is 1.55 bits per heavy atom. The highest BCUT2D eigenvalue weighted by molar-refractivity contribution is 5.83. The number of nitrogens with one attached hydrogen (secondary N) is 2. The molecule has 1 aromatic carbocycles. The van der Waals surface area contributed by atoms with E-state index >= 15 is 0 Å². The van der Waals surface area contributed by atoms with Crippen LogP contribution < -0.4 is 10.6 Å². The molecule has 0 radical (unpaired) electrons. The van der Waals surface area contributed by atoms with E-state index in [0.717, 1.165) is 37.9 Å². The highest BCUT2D eigenvalue weighted by Crippen LogP contribution is 2.32. The molecule has 0 aromatic heterocycles. The summed E-state index contributed by atoms with van der Waals surface area (Å²) >= 11 is 0. The van der Waals surface area contributed by atoms with Crippen LogP contribution in [0.4, 0.5) is 4.39 Å². The molecule has 20 heavy (non-hydrogen) atoms. The van der Waals surface area contributed by atoms with Gasteiger partial charge in [0.1, 0.15) is 5.82 Å². The molecule has 2 rings (SSSR count). The minimum absolute atomic E-state index is 0.0844. The molecule has 4 heteroatoms. The minimum atomic E-state index is -0.295. The van der Waals surface area contributed by atoms with Crippen LogP contribution in [-0.2, 0) is 4.79 Å². The summed E-state index contributed by atoms with van der Waals surface area (Å²) in [6.45, 7) is 5.63. The van der Waals surface area contributed by atoms with Crippen LogP contribution in [0.15, 0.2) is 24.3 Å². The van der Waals surface area contributed by atoms with Gasteiger partial charge in [0.2, 0.25) is 5.91 Å². The summed E-state index contributed by atoms with van der Waals surface area (Å²) in [5.74, 6) is -0.185. The Morgan fingerprint density at radius 3 is 2.95 bits per heavy atom. The van der Waals surface area contributed by atoms with Gasteiger partial charge < -0.3 is 10.6 Å². The molecule has 1 aromatic rings. The molecule has 3 nitrogen and oxygen atoms in total. The Hall–Kier alpha value is -1.42. The molecule has 0 bridgehead atoms. The first-order valence-electron chi connectivity index (χ1n) is 7.34. The first-order chi connectivity index (χ1) is 9.57. The normalized spacial score (nSPS) is 23.6. The molecule has 1 aliphatic rings. The standard InChI is InChI=1S/C16H23FN2O/c1-3-7-16(8-9-18-11-16)15(20)19-12(2)13-5-4-6-14(17)10-13/h4-6,10,12,18H,3,7-9,11H2,1-2H3,(H,19,20). The van der Waals surface area contributed by atoms with Crippen molar-refractivity contribution in [1.29, 1.82) is 0 Å². The van der Waals surface area contributed by atoms with E-state index in [1.165, 1.54) is 12.1 Å². The van der Waals surface area contributed by atoms with E-state index in [1.54, 1.807) is 6.07 Å². The minimum Gasteiger partial charge on any atom is -0.349 e. The lowest BCUT2D eigenvalue weighted by molar-refractivity contribution is -0.131. The molecular weight excluding hydrogens is 255 g/mol. The van der Waals surface area contributed by atoms with Crippen LogP contribution in [0.5, 0.6) is 0 Å². The number of amides is 1. The number of benzene rings is 1. The van der Waals surface area contributed by atoms with Crippen molar-refractivity contribution in [2.75, 3.05) is 13.1 Å². The second kappa shape index (κ2) is 6.35. The molecule has 1 amide bonds. The fourth-order valence-electron chi connectivity index (χ4n) is 2.95. The first kappa shape index (κ1) is 15.0. The highest BCUT2D eigenvalue weighted by Gasteiger charge is 2.40. The van der Waals surface area contributed by atoms with Gasteiger partial charge >= 0.3 is 0 Å². The van der Waals surface area contributed by atoms with E-state index in [0.29, 0.717) is 0 Å². The molecule has 0 aliphatic carbocycles. The van der Waals surface area contributed by atoms with Gasteiger partial charge in [0.25, 0.3) is 0 Å². The van der Waals surface area contributed by atoms with Crippen molar-refractivity contribution in [2.45, 2.75) is 39.2 Å². The van der Waals surface area contributed by atoms with Gasteiger partial charge in [-0.15, -0.1) is 0 Å². The predicted octanol–water partition coefficient (Wildman–Crippen LogP) is 2.78. The zero-order chi connectivity index (χ0) is 14.6. The monoisotopic (exact) mass is 278 g/mol. The third-order valence-electron chi connectivity index (χ3n) is 4.15. The zero-order valence-electron chi connectivity index (χ0n) is 12.2. The third kappa shape index (κ3) is 3.18. The number of carbonyl (C=O) groups excluding carboxylic acids is 1. The fourth-order valence-corrected chi connectivity index (χ4v) is 2.95. The number of hydrogen-bond acceptors (Lipinski definition) is 2. The Bertz CT molecular complexity index is 469. The van der Waals surface area contributed by atoms with Crippen LogP contribution >= 0.6 is 0 Å². The van der Waals surface area contributed by atoms with Crippen LogP contribution in [0.3, 0.4) is 0 Å². The second-order valence-corrected chi connectivity index (χ2v) is 5.71. The number of hydrogen-bond donors (Lipinski definition) is 2. The first-order valence-corrected chi connectivity index (χ1v) is 7.34. The molecule has 1 fully saturated rings. The summed E-state index contributed by atoms with van der Waals surface area (Å²) in [6.07, 6.45) is 2.76. The number of rotatable bonds is 5. The summed E-state index contributed by atoms with van der Waals surface area (Å²) in [5, 5.41) is 6.33. The predicted molar refractivity (Wildman–Crippen MR) is 77.8 cm³/mol. The summed E-state index contributed by atoms with van der Waals surface area (Å²) < 4.78 is 13.2. The number of halogens is 1. The molecule has 1 heterocycles. The molecule has 110 valence electrons. The molecular formula is C16H23FN2O. The van der Waals surface area contributed by atoms with Crippen molar-refractivity contribution >= 4 is 5.91 Å². The smallest absolute Gasteiger partial charge is 0.228 e. The molecule has 2 N–H and O–H groups in total. The zero-order valence-corrected chi connectivity index (χ0v) is 12.2. The fraction of sp³-hybridized carbons (Fsp3) is 0.562. The summed E-state index contributed by atoms with van der Waals surface area (Å²) in [6, 6.07) is 6.23. The lowest BCUT2D eigenvalue weighted by Gasteiger charge is -2.28. The van der Waals surface area contributed by atoms with E-state index < -0.39 is 0 Å². The third-order valence-corrected chi connectivity index (χ3v) is 4.15. The highest BCUT2D eigenvalue weighted by atomic mass is 19.1. The Morgan fingerprint density at radius 2 is 2.35 bits per heavy atom. The molecule has 1 saturated heterocycles. The van der Waals surface area contributed by atoms with Crippen molar-refractivity contribution in [2.24, 2.45) is 5.41 Å². The SMILES string of the molecule is CCCC1(C(=O)NC(C)c2cccc(F)c2)CCNC1.